The third-order valence-electron chi connectivity index (χ3n) is 4.15. The van der Waals surface area contributed by atoms with Gasteiger partial charge in [-0.15, -0.1) is 10.2 Å². The lowest BCUT2D eigenvalue weighted by Gasteiger charge is -2.08. The standard InChI is InChI=1S/C17H22N2O4S2/c1-12-3-4-13(2)15(9-12)22-6-7-24-17-19-18-16(23-17)10-14-5-8-25(20,21)11-14/h3-4,9,14H,5-8,10-11H2,1-2H3/t14-/m0/s1. The number of aryl methyl sites for hydroxylation is 2. The highest BCUT2D eigenvalue weighted by Gasteiger charge is 2.29. The van der Waals surface area contributed by atoms with Crippen molar-refractivity contribution in [2.75, 3.05) is 23.9 Å². The second-order valence-electron chi connectivity index (χ2n) is 6.40. The van der Waals surface area contributed by atoms with Gasteiger partial charge in [0.05, 0.1) is 18.1 Å². The maximum atomic E-state index is 11.5. The number of aromatic nitrogens is 2. The zero-order chi connectivity index (χ0) is 17.9. The molecule has 6 nitrogen and oxygen atoms in total. The van der Waals surface area contributed by atoms with E-state index in [-0.39, 0.29) is 17.4 Å². The zero-order valence-electron chi connectivity index (χ0n) is 14.4. The first-order valence-corrected chi connectivity index (χ1v) is 11.1. The Labute approximate surface area is 152 Å². The molecule has 1 aromatic heterocycles. The predicted molar refractivity (Wildman–Crippen MR) is 96.9 cm³/mol. The first-order chi connectivity index (χ1) is 11.9. The van der Waals surface area contributed by atoms with E-state index in [0.717, 1.165) is 11.3 Å². The molecule has 1 atom stereocenters. The molecule has 0 spiro atoms. The molecule has 0 saturated carbocycles. The van der Waals surface area contributed by atoms with Crippen LogP contribution >= 0.6 is 11.8 Å². The van der Waals surface area contributed by atoms with E-state index in [4.69, 9.17) is 9.15 Å². The summed E-state index contributed by atoms with van der Waals surface area (Å²) in [7, 11) is -2.87. The van der Waals surface area contributed by atoms with Crippen molar-refractivity contribution in [1.82, 2.24) is 10.2 Å². The molecule has 136 valence electrons. The number of rotatable bonds is 7. The van der Waals surface area contributed by atoms with Crippen LogP contribution < -0.4 is 4.74 Å². The maximum absolute atomic E-state index is 11.5. The third-order valence-corrected chi connectivity index (χ3v) is 6.77. The van der Waals surface area contributed by atoms with E-state index < -0.39 is 9.84 Å². The minimum atomic E-state index is -2.87. The van der Waals surface area contributed by atoms with Crippen LogP contribution in [0, 0.1) is 19.8 Å². The molecule has 1 aliphatic rings. The summed E-state index contributed by atoms with van der Waals surface area (Å²) in [6.45, 7) is 4.61. The summed E-state index contributed by atoms with van der Waals surface area (Å²) in [6, 6.07) is 6.14. The van der Waals surface area contributed by atoms with E-state index in [0.29, 0.717) is 36.3 Å². The minimum Gasteiger partial charge on any atom is -0.492 e. The van der Waals surface area contributed by atoms with Gasteiger partial charge in [-0.2, -0.15) is 0 Å². The summed E-state index contributed by atoms with van der Waals surface area (Å²) in [5, 5.41) is 8.53. The molecule has 1 fully saturated rings. The molecule has 0 aliphatic carbocycles. The SMILES string of the molecule is Cc1ccc(C)c(OCCSc2nnc(C[C@@H]3CCS(=O)(=O)C3)o2)c1. The Bertz CT molecular complexity index is 833. The molecular formula is C17H22N2O4S2. The summed E-state index contributed by atoms with van der Waals surface area (Å²) < 4.78 is 34.4. The van der Waals surface area contributed by atoms with Gasteiger partial charge in [0, 0.05) is 12.2 Å². The Kier molecular flexibility index (Phi) is 5.68. The van der Waals surface area contributed by atoms with Crippen LogP contribution in [0.1, 0.15) is 23.4 Å². The first kappa shape index (κ1) is 18.3. The average Bonchev–Trinajstić information content (AvgIpc) is 3.13. The van der Waals surface area contributed by atoms with Crippen molar-refractivity contribution < 1.29 is 17.6 Å². The largest absolute Gasteiger partial charge is 0.492 e. The van der Waals surface area contributed by atoms with Crippen LogP contribution in [-0.4, -0.2) is 42.5 Å². The molecule has 0 bridgehead atoms. The number of hydrogen-bond acceptors (Lipinski definition) is 7. The van der Waals surface area contributed by atoms with Crippen LogP contribution in [0.5, 0.6) is 5.75 Å². The highest BCUT2D eigenvalue weighted by Crippen LogP contribution is 2.24. The highest BCUT2D eigenvalue weighted by atomic mass is 32.2. The fraction of sp³-hybridized carbons (Fsp3) is 0.529. The maximum Gasteiger partial charge on any atom is 0.276 e. The van der Waals surface area contributed by atoms with Gasteiger partial charge in [-0.1, -0.05) is 23.9 Å². The van der Waals surface area contributed by atoms with Crippen LogP contribution in [0.25, 0.3) is 0 Å². The quantitative estimate of drug-likeness (QED) is 0.538. The summed E-state index contributed by atoms with van der Waals surface area (Å²) in [5.41, 5.74) is 2.28. The van der Waals surface area contributed by atoms with Gasteiger partial charge < -0.3 is 9.15 Å². The molecule has 0 amide bonds. The van der Waals surface area contributed by atoms with Crippen molar-refractivity contribution in [3.8, 4) is 5.75 Å². The Morgan fingerprint density at radius 3 is 2.92 bits per heavy atom. The van der Waals surface area contributed by atoms with Crippen molar-refractivity contribution in [3.63, 3.8) is 0 Å². The molecule has 2 aromatic rings. The van der Waals surface area contributed by atoms with E-state index in [1.165, 1.54) is 17.3 Å². The predicted octanol–water partition coefficient (Wildman–Crippen LogP) is 2.83. The normalized spacial score (nSPS) is 19.2. The Morgan fingerprint density at radius 2 is 2.16 bits per heavy atom. The molecule has 8 heteroatoms. The average molecular weight is 383 g/mol. The van der Waals surface area contributed by atoms with E-state index >= 15 is 0 Å². The molecule has 1 aliphatic heterocycles. The van der Waals surface area contributed by atoms with E-state index in [1.807, 2.05) is 26.0 Å². The molecule has 0 unspecified atom stereocenters. The fourth-order valence-electron chi connectivity index (χ4n) is 2.80. The number of nitrogens with zero attached hydrogens (tertiary/aromatic N) is 2. The summed E-state index contributed by atoms with van der Waals surface area (Å²) in [6.07, 6.45) is 1.21. The lowest BCUT2D eigenvalue weighted by atomic mass is 10.1. The third kappa shape index (κ3) is 5.22. The molecule has 1 aromatic carbocycles. The smallest absolute Gasteiger partial charge is 0.276 e. The lowest BCUT2D eigenvalue weighted by molar-refractivity contribution is 0.340. The van der Waals surface area contributed by atoms with Crippen molar-refractivity contribution in [2.24, 2.45) is 5.92 Å². The van der Waals surface area contributed by atoms with Crippen molar-refractivity contribution in [1.29, 1.82) is 0 Å². The second-order valence-corrected chi connectivity index (χ2v) is 9.68. The second kappa shape index (κ2) is 7.78. The van der Waals surface area contributed by atoms with Gasteiger partial charge in [-0.05, 0) is 43.4 Å². The molecule has 0 N–H and O–H groups in total. The van der Waals surface area contributed by atoms with Gasteiger partial charge >= 0.3 is 0 Å². The van der Waals surface area contributed by atoms with Crippen LogP contribution in [0.4, 0.5) is 0 Å². The Hall–Kier alpha value is -1.54. The van der Waals surface area contributed by atoms with Gasteiger partial charge in [0.2, 0.25) is 5.89 Å². The number of thioether (sulfide) groups is 1. The first-order valence-electron chi connectivity index (χ1n) is 8.27. The number of ether oxygens (including phenoxy) is 1. The molecule has 0 radical (unpaired) electrons. The van der Waals surface area contributed by atoms with Gasteiger partial charge in [0.15, 0.2) is 9.84 Å². The summed E-state index contributed by atoms with van der Waals surface area (Å²) >= 11 is 1.44. The highest BCUT2D eigenvalue weighted by molar-refractivity contribution is 7.99. The van der Waals surface area contributed by atoms with Crippen molar-refractivity contribution in [2.45, 2.75) is 31.9 Å². The van der Waals surface area contributed by atoms with Gasteiger partial charge in [0.25, 0.3) is 5.22 Å². The molecule has 25 heavy (non-hydrogen) atoms. The van der Waals surface area contributed by atoms with E-state index in [1.54, 1.807) is 0 Å². The minimum absolute atomic E-state index is 0.0935. The fourth-order valence-corrected chi connectivity index (χ4v) is 5.26. The van der Waals surface area contributed by atoms with E-state index in [2.05, 4.69) is 16.3 Å². The summed E-state index contributed by atoms with van der Waals surface area (Å²) in [5.74, 6) is 2.70. The van der Waals surface area contributed by atoms with Gasteiger partial charge in [-0.25, -0.2) is 8.42 Å². The number of sulfone groups is 1. The monoisotopic (exact) mass is 382 g/mol. The van der Waals surface area contributed by atoms with Crippen LogP contribution in [-0.2, 0) is 16.3 Å². The van der Waals surface area contributed by atoms with Crippen molar-refractivity contribution >= 4 is 21.6 Å². The van der Waals surface area contributed by atoms with Crippen LogP contribution in [0.15, 0.2) is 27.8 Å². The van der Waals surface area contributed by atoms with Crippen LogP contribution in [0.3, 0.4) is 0 Å². The Balaban J connectivity index is 1.43. The summed E-state index contributed by atoms with van der Waals surface area (Å²) in [4.78, 5) is 0. The Morgan fingerprint density at radius 1 is 1.32 bits per heavy atom. The lowest BCUT2D eigenvalue weighted by Crippen LogP contribution is -2.07. The zero-order valence-corrected chi connectivity index (χ0v) is 16.0. The molecular weight excluding hydrogens is 360 g/mol. The number of hydrogen-bond donors (Lipinski definition) is 0. The van der Waals surface area contributed by atoms with Gasteiger partial charge in [0.1, 0.15) is 5.75 Å². The van der Waals surface area contributed by atoms with Crippen molar-refractivity contribution in [3.05, 3.63) is 35.2 Å². The van der Waals surface area contributed by atoms with E-state index in [9.17, 15) is 8.42 Å². The number of benzene rings is 1. The van der Waals surface area contributed by atoms with Crippen LogP contribution in [0.2, 0.25) is 0 Å². The molecule has 2 heterocycles. The topological polar surface area (TPSA) is 82.3 Å². The molecule has 3 rings (SSSR count). The molecule has 1 saturated heterocycles. The van der Waals surface area contributed by atoms with Gasteiger partial charge in [-0.3, -0.25) is 0 Å².